The van der Waals surface area contributed by atoms with Gasteiger partial charge < -0.3 is 5.32 Å². The molecule has 1 unspecified atom stereocenters. The molecule has 0 bridgehead atoms. The third-order valence-corrected chi connectivity index (χ3v) is 2.29. The zero-order valence-electron chi connectivity index (χ0n) is 11.7. The molecular formula is C15H29N. The van der Waals surface area contributed by atoms with E-state index in [2.05, 4.69) is 31.0 Å². The molecule has 0 radical (unpaired) electrons. The van der Waals surface area contributed by atoms with Gasteiger partial charge in [0.25, 0.3) is 0 Å². The third-order valence-electron chi connectivity index (χ3n) is 2.29. The number of hydrogen-bond acceptors (Lipinski definition) is 1. The molecule has 0 amide bonds. The molecule has 1 fully saturated rings. The Bertz CT molecular complexity index is 195. The highest BCUT2D eigenvalue weighted by Gasteiger charge is 2.15. The summed E-state index contributed by atoms with van der Waals surface area (Å²) in [5, 5.41) is 3.36. The first kappa shape index (κ1) is 17.6. The van der Waals surface area contributed by atoms with E-state index in [-0.39, 0.29) is 0 Å². The molecule has 1 N–H and O–H groups in total. The van der Waals surface area contributed by atoms with Crippen LogP contribution in [0.4, 0.5) is 0 Å². The zero-order valence-corrected chi connectivity index (χ0v) is 11.7. The van der Waals surface area contributed by atoms with Crippen LogP contribution in [0.1, 0.15) is 41.0 Å². The second-order valence-corrected chi connectivity index (χ2v) is 3.07. The minimum atomic E-state index is 0.714. The van der Waals surface area contributed by atoms with E-state index in [0.717, 1.165) is 13.1 Å². The molecule has 1 saturated heterocycles. The van der Waals surface area contributed by atoms with Gasteiger partial charge in [-0.15, -0.1) is 0 Å². The Morgan fingerprint density at radius 1 is 1.25 bits per heavy atom. The second-order valence-electron chi connectivity index (χ2n) is 3.07. The molecule has 0 spiro atoms. The van der Waals surface area contributed by atoms with Crippen molar-refractivity contribution in [2.75, 3.05) is 13.1 Å². The van der Waals surface area contributed by atoms with Crippen LogP contribution in [-0.4, -0.2) is 13.1 Å². The summed E-state index contributed by atoms with van der Waals surface area (Å²) in [6.45, 7) is 16.0. The largest absolute Gasteiger partial charge is 0.316 e. The molecule has 16 heavy (non-hydrogen) atoms. The van der Waals surface area contributed by atoms with Crippen molar-refractivity contribution in [3.63, 3.8) is 0 Å². The summed E-state index contributed by atoms with van der Waals surface area (Å²) in [6.07, 6.45) is 9.45. The molecule has 1 nitrogen and oxygen atoms in total. The average Bonchev–Trinajstić information content (AvgIpc) is 2.89. The number of nitrogens with one attached hydrogen (secondary N) is 1. The first-order chi connectivity index (χ1) is 7.88. The van der Waals surface area contributed by atoms with Gasteiger partial charge in [-0.3, -0.25) is 0 Å². The molecule has 1 aliphatic heterocycles. The summed E-state index contributed by atoms with van der Waals surface area (Å²) in [5.74, 6) is 0.714. The van der Waals surface area contributed by atoms with Crippen molar-refractivity contribution in [3.8, 4) is 0 Å². The standard InChI is InChI=1S/C11H17N.2C2H6/c1-3-5-6-10(4-2)11-7-8-12-9-11;2*1-2/h3-6,11-12H,1,7-9H2,2H3;2*1-2H3/b6-5-,10-4+;;. The van der Waals surface area contributed by atoms with Crippen molar-refractivity contribution >= 4 is 0 Å². The fourth-order valence-electron chi connectivity index (χ4n) is 1.59. The van der Waals surface area contributed by atoms with Crippen LogP contribution in [0, 0.1) is 5.92 Å². The molecule has 1 aliphatic rings. The van der Waals surface area contributed by atoms with E-state index >= 15 is 0 Å². The Morgan fingerprint density at radius 2 is 1.88 bits per heavy atom. The van der Waals surface area contributed by atoms with Crippen molar-refractivity contribution in [1.29, 1.82) is 0 Å². The van der Waals surface area contributed by atoms with E-state index in [4.69, 9.17) is 0 Å². The molecule has 94 valence electrons. The summed E-state index contributed by atoms with van der Waals surface area (Å²) < 4.78 is 0. The first-order valence-electron chi connectivity index (χ1n) is 6.54. The summed E-state index contributed by atoms with van der Waals surface area (Å²) in [6, 6.07) is 0. The highest BCUT2D eigenvalue weighted by Crippen LogP contribution is 2.19. The van der Waals surface area contributed by atoms with Crippen LogP contribution >= 0.6 is 0 Å². The first-order valence-corrected chi connectivity index (χ1v) is 6.54. The van der Waals surface area contributed by atoms with Crippen molar-refractivity contribution in [2.24, 2.45) is 5.92 Å². The molecule has 1 heteroatoms. The van der Waals surface area contributed by atoms with E-state index in [1.54, 1.807) is 0 Å². The lowest BCUT2D eigenvalue weighted by Crippen LogP contribution is -2.09. The van der Waals surface area contributed by atoms with Crippen LogP contribution in [0.25, 0.3) is 0 Å². The second kappa shape index (κ2) is 14.2. The lowest BCUT2D eigenvalue weighted by Gasteiger charge is -2.08. The number of rotatable bonds is 3. The monoisotopic (exact) mass is 223 g/mol. The van der Waals surface area contributed by atoms with Gasteiger partial charge in [0, 0.05) is 6.54 Å². The van der Waals surface area contributed by atoms with E-state index < -0.39 is 0 Å². The predicted molar refractivity (Wildman–Crippen MR) is 76.8 cm³/mol. The van der Waals surface area contributed by atoms with Gasteiger partial charge in [-0.25, -0.2) is 0 Å². The normalized spacial score (nSPS) is 19.6. The van der Waals surface area contributed by atoms with Crippen LogP contribution in [0.15, 0.2) is 36.5 Å². The van der Waals surface area contributed by atoms with Gasteiger partial charge in [0.2, 0.25) is 0 Å². The number of allylic oxidation sites excluding steroid dienone is 4. The van der Waals surface area contributed by atoms with Gasteiger partial charge in [0.05, 0.1) is 0 Å². The molecule has 0 saturated carbocycles. The average molecular weight is 223 g/mol. The van der Waals surface area contributed by atoms with Gasteiger partial charge in [-0.1, -0.05) is 58.6 Å². The minimum Gasteiger partial charge on any atom is -0.316 e. The van der Waals surface area contributed by atoms with Crippen molar-refractivity contribution < 1.29 is 0 Å². The molecule has 0 aliphatic carbocycles. The Labute approximate surface area is 102 Å². The lowest BCUT2D eigenvalue weighted by atomic mass is 9.98. The molecule has 1 atom stereocenters. The summed E-state index contributed by atoms with van der Waals surface area (Å²) in [5.41, 5.74) is 1.43. The quantitative estimate of drug-likeness (QED) is 0.702. The fraction of sp³-hybridized carbons (Fsp3) is 0.600. The van der Waals surface area contributed by atoms with Crippen molar-refractivity contribution in [2.45, 2.75) is 41.0 Å². The van der Waals surface area contributed by atoms with E-state index in [1.807, 2.05) is 39.8 Å². The van der Waals surface area contributed by atoms with Crippen LogP contribution in [0.2, 0.25) is 0 Å². The topological polar surface area (TPSA) is 12.0 Å². The molecule has 0 aromatic heterocycles. The summed E-state index contributed by atoms with van der Waals surface area (Å²) >= 11 is 0. The third kappa shape index (κ3) is 7.47. The predicted octanol–water partition coefficient (Wildman–Crippen LogP) is 4.34. The van der Waals surface area contributed by atoms with Gasteiger partial charge >= 0.3 is 0 Å². The van der Waals surface area contributed by atoms with Gasteiger partial charge in [-0.05, 0) is 31.4 Å². The number of hydrogen-bond donors (Lipinski definition) is 1. The Kier molecular flexibility index (Phi) is 15.6. The maximum Gasteiger partial charge on any atom is 0.00205 e. The molecule has 1 heterocycles. The maximum atomic E-state index is 3.66. The van der Waals surface area contributed by atoms with Crippen LogP contribution < -0.4 is 5.32 Å². The highest BCUT2D eigenvalue weighted by molar-refractivity contribution is 5.24. The van der Waals surface area contributed by atoms with E-state index in [9.17, 15) is 0 Å². The fourth-order valence-corrected chi connectivity index (χ4v) is 1.59. The minimum absolute atomic E-state index is 0.714. The highest BCUT2D eigenvalue weighted by atomic mass is 14.9. The maximum absolute atomic E-state index is 3.66. The van der Waals surface area contributed by atoms with Crippen LogP contribution in [0.5, 0.6) is 0 Å². The van der Waals surface area contributed by atoms with Crippen LogP contribution in [0.3, 0.4) is 0 Å². The Balaban J connectivity index is 0. The van der Waals surface area contributed by atoms with Gasteiger partial charge in [0.15, 0.2) is 0 Å². The molecule has 0 aromatic rings. The summed E-state index contributed by atoms with van der Waals surface area (Å²) in [7, 11) is 0. The van der Waals surface area contributed by atoms with Gasteiger partial charge in [0.1, 0.15) is 0 Å². The molecule has 0 aromatic carbocycles. The van der Waals surface area contributed by atoms with Gasteiger partial charge in [-0.2, -0.15) is 0 Å². The van der Waals surface area contributed by atoms with E-state index in [1.165, 1.54) is 12.0 Å². The van der Waals surface area contributed by atoms with E-state index in [0.29, 0.717) is 5.92 Å². The molecular weight excluding hydrogens is 194 g/mol. The lowest BCUT2D eigenvalue weighted by molar-refractivity contribution is 0.697. The Hall–Kier alpha value is -0.820. The SMILES string of the molecule is C=C/C=C\C(=C/C)C1CCNC1.CC.CC. The summed E-state index contributed by atoms with van der Waals surface area (Å²) in [4.78, 5) is 0. The zero-order chi connectivity index (χ0) is 12.8. The molecule has 1 rings (SSSR count). The van der Waals surface area contributed by atoms with Crippen molar-refractivity contribution in [1.82, 2.24) is 5.32 Å². The Morgan fingerprint density at radius 3 is 2.25 bits per heavy atom. The van der Waals surface area contributed by atoms with Crippen LogP contribution in [-0.2, 0) is 0 Å². The smallest absolute Gasteiger partial charge is 0.00205 e. The van der Waals surface area contributed by atoms with Crippen molar-refractivity contribution in [3.05, 3.63) is 36.5 Å².